The standard InChI is InChI=1S/C55H82N2/c1-3-5-7-18-24-28-52-44-50(38-40-54(52)56)42-48-34-30-46(31-35-48)26-22-20-16-14-12-10-9-11-13-15-17-21-23-27-47-32-36-49(37-33-47)43-51-39-41-55(57)53(45-51)29-25-19-8-6-4-2/h30-41,44-45H,3-29,42-43,56-57H2,1-2H3. The second-order valence-electron chi connectivity index (χ2n) is 17.5. The second-order valence-corrected chi connectivity index (χ2v) is 17.5. The highest BCUT2D eigenvalue weighted by atomic mass is 14.6. The maximum absolute atomic E-state index is 6.31. The highest BCUT2D eigenvalue weighted by Crippen LogP contribution is 2.23. The van der Waals surface area contributed by atoms with E-state index in [4.69, 9.17) is 11.5 Å². The lowest BCUT2D eigenvalue weighted by Gasteiger charge is -2.10. The molecule has 4 rings (SSSR count). The van der Waals surface area contributed by atoms with Crippen molar-refractivity contribution in [2.24, 2.45) is 0 Å². The summed E-state index contributed by atoms with van der Waals surface area (Å²) in [7, 11) is 0. The fourth-order valence-electron chi connectivity index (χ4n) is 8.53. The van der Waals surface area contributed by atoms with Gasteiger partial charge in [-0.2, -0.15) is 0 Å². The molecule has 4 aromatic rings. The lowest BCUT2D eigenvalue weighted by molar-refractivity contribution is 0.536. The van der Waals surface area contributed by atoms with Crippen LogP contribution in [-0.2, 0) is 38.5 Å². The molecule has 0 aliphatic rings. The number of rotatable bonds is 32. The molecule has 2 heteroatoms. The van der Waals surface area contributed by atoms with Gasteiger partial charge in [0.25, 0.3) is 0 Å². The van der Waals surface area contributed by atoms with Gasteiger partial charge < -0.3 is 11.5 Å². The molecule has 312 valence electrons. The van der Waals surface area contributed by atoms with Crippen LogP contribution in [0, 0.1) is 0 Å². The summed E-state index contributed by atoms with van der Waals surface area (Å²) in [5.74, 6) is 0. The summed E-state index contributed by atoms with van der Waals surface area (Å²) in [6.45, 7) is 4.55. The van der Waals surface area contributed by atoms with Crippen LogP contribution >= 0.6 is 0 Å². The minimum atomic E-state index is 0.957. The predicted octanol–water partition coefficient (Wildman–Crippen LogP) is 15.9. The van der Waals surface area contributed by atoms with Crippen LogP contribution < -0.4 is 11.5 Å². The molecule has 0 heterocycles. The van der Waals surface area contributed by atoms with E-state index in [0.29, 0.717) is 0 Å². The third kappa shape index (κ3) is 19.7. The van der Waals surface area contributed by atoms with E-state index in [1.165, 1.54) is 205 Å². The Morgan fingerprint density at radius 2 is 0.544 bits per heavy atom. The molecule has 0 fully saturated rings. The third-order valence-electron chi connectivity index (χ3n) is 12.3. The van der Waals surface area contributed by atoms with Crippen LogP contribution in [0.4, 0.5) is 11.4 Å². The van der Waals surface area contributed by atoms with Crippen LogP contribution in [0.2, 0.25) is 0 Å². The average Bonchev–Trinajstić information content (AvgIpc) is 3.22. The lowest BCUT2D eigenvalue weighted by atomic mass is 9.97. The molecule has 4 aromatic carbocycles. The molecule has 0 bridgehead atoms. The van der Waals surface area contributed by atoms with Crippen LogP contribution in [0.25, 0.3) is 0 Å². The summed E-state index contributed by atoms with van der Waals surface area (Å²) in [6.07, 6.45) is 37.7. The van der Waals surface area contributed by atoms with Crippen molar-refractivity contribution in [1.29, 1.82) is 0 Å². The SMILES string of the molecule is CCCCCCCc1cc(Cc2ccc(CCCCCCCCCCCCCCCc3ccc(Cc4ccc(N)c(CCCCCCC)c4)cc3)cc2)ccc1N. The van der Waals surface area contributed by atoms with Gasteiger partial charge >= 0.3 is 0 Å². The van der Waals surface area contributed by atoms with E-state index in [0.717, 1.165) is 37.1 Å². The minimum absolute atomic E-state index is 0.957. The van der Waals surface area contributed by atoms with Crippen LogP contribution in [-0.4, -0.2) is 0 Å². The lowest BCUT2D eigenvalue weighted by Crippen LogP contribution is -1.98. The van der Waals surface area contributed by atoms with E-state index >= 15 is 0 Å². The van der Waals surface area contributed by atoms with E-state index in [9.17, 15) is 0 Å². The van der Waals surface area contributed by atoms with E-state index in [2.05, 4.69) is 98.8 Å². The quantitative estimate of drug-likeness (QED) is 0.0384. The number of unbranched alkanes of at least 4 members (excludes halogenated alkanes) is 20. The van der Waals surface area contributed by atoms with Crippen LogP contribution in [0.3, 0.4) is 0 Å². The van der Waals surface area contributed by atoms with Gasteiger partial charge in [0.1, 0.15) is 0 Å². The molecule has 0 amide bonds. The Balaban J connectivity index is 0.948. The number of nitrogen functional groups attached to an aromatic ring is 2. The first-order valence-electron chi connectivity index (χ1n) is 23.9. The Morgan fingerprint density at radius 1 is 0.281 bits per heavy atom. The molecule has 57 heavy (non-hydrogen) atoms. The van der Waals surface area contributed by atoms with Gasteiger partial charge in [-0.15, -0.1) is 0 Å². The van der Waals surface area contributed by atoms with Crippen molar-refractivity contribution in [3.8, 4) is 0 Å². The van der Waals surface area contributed by atoms with E-state index in [1.807, 2.05) is 0 Å². The molecular weight excluding hydrogens is 689 g/mol. The first-order valence-corrected chi connectivity index (χ1v) is 23.9. The Morgan fingerprint density at radius 3 is 0.877 bits per heavy atom. The Kier molecular flexibility index (Phi) is 23.3. The molecule has 0 unspecified atom stereocenters. The number of hydrogen-bond donors (Lipinski definition) is 2. The molecule has 0 radical (unpaired) electrons. The molecule has 2 nitrogen and oxygen atoms in total. The van der Waals surface area contributed by atoms with Gasteiger partial charge in [-0.05, 0) is 121 Å². The Bertz CT molecular complexity index is 1480. The van der Waals surface area contributed by atoms with E-state index in [1.54, 1.807) is 0 Å². The molecule has 0 spiro atoms. The maximum Gasteiger partial charge on any atom is 0.0346 e. The summed E-state index contributed by atoms with van der Waals surface area (Å²) in [5.41, 5.74) is 25.7. The fraction of sp³-hybridized carbons (Fsp3) is 0.564. The summed E-state index contributed by atoms with van der Waals surface area (Å²) in [6, 6.07) is 32.1. The predicted molar refractivity (Wildman–Crippen MR) is 253 cm³/mol. The number of anilines is 2. The summed E-state index contributed by atoms with van der Waals surface area (Å²) in [4.78, 5) is 0. The van der Waals surface area contributed by atoms with Crippen molar-refractivity contribution >= 4 is 11.4 Å². The molecule has 4 N–H and O–H groups in total. The number of benzene rings is 4. The number of hydrogen-bond acceptors (Lipinski definition) is 2. The van der Waals surface area contributed by atoms with Gasteiger partial charge in [0, 0.05) is 11.4 Å². The highest BCUT2D eigenvalue weighted by Gasteiger charge is 2.06. The molecule has 0 aliphatic heterocycles. The first kappa shape index (κ1) is 46.2. The zero-order chi connectivity index (χ0) is 40.2. The van der Waals surface area contributed by atoms with Gasteiger partial charge in [0.05, 0.1) is 0 Å². The zero-order valence-corrected chi connectivity index (χ0v) is 36.7. The molecule has 0 saturated carbocycles. The van der Waals surface area contributed by atoms with E-state index in [-0.39, 0.29) is 0 Å². The molecule has 0 aromatic heterocycles. The van der Waals surface area contributed by atoms with Gasteiger partial charge in [0.2, 0.25) is 0 Å². The van der Waals surface area contributed by atoms with Crippen molar-refractivity contribution in [2.45, 2.75) is 200 Å². The molecule has 0 saturated heterocycles. The van der Waals surface area contributed by atoms with Gasteiger partial charge in [-0.1, -0.05) is 209 Å². The summed E-state index contributed by atoms with van der Waals surface area (Å²) >= 11 is 0. The molecule has 0 aliphatic carbocycles. The van der Waals surface area contributed by atoms with Crippen LogP contribution in [0.15, 0.2) is 84.9 Å². The first-order chi connectivity index (χ1) is 28.0. The molecular formula is C55H82N2. The minimum Gasteiger partial charge on any atom is -0.399 e. The van der Waals surface area contributed by atoms with Gasteiger partial charge in [-0.25, -0.2) is 0 Å². The smallest absolute Gasteiger partial charge is 0.0346 e. The number of aryl methyl sites for hydroxylation is 4. The summed E-state index contributed by atoms with van der Waals surface area (Å²) < 4.78 is 0. The monoisotopic (exact) mass is 771 g/mol. The Labute approximate surface area is 351 Å². The van der Waals surface area contributed by atoms with Crippen LogP contribution in [0.1, 0.15) is 206 Å². The van der Waals surface area contributed by atoms with E-state index < -0.39 is 0 Å². The molecule has 0 atom stereocenters. The zero-order valence-electron chi connectivity index (χ0n) is 36.7. The number of nitrogens with two attached hydrogens (primary N) is 2. The van der Waals surface area contributed by atoms with Gasteiger partial charge in [-0.3, -0.25) is 0 Å². The fourth-order valence-corrected chi connectivity index (χ4v) is 8.53. The summed E-state index contributed by atoms with van der Waals surface area (Å²) in [5, 5.41) is 0. The third-order valence-corrected chi connectivity index (χ3v) is 12.3. The average molecular weight is 771 g/mol. The van der Waals surface area contributed by atoms with Crippen molar-refractivity contribution in [1.82, 2.24) is 0 Å². The topological polar surface area (TPSA) is 52.0 Å². The largest absolute Gasteiger partial charge is 0.399 e. The van der Waals surface area contributed by atoms with Crippen molar-refractivity contribution in [2.75, 3.05) is 11.5 Å². The van der Waals surface area contributed by atoms with Crippen molar-refractivity contribution < 1.29 is 0 Å². The normalized spacial score (nSPS) is 11.4. The highest BCUT2D eigenvalue weighted by molar-refractivity contribution is 5.50. The second kappa shape index (κ2) is 28.8. The maximum atomic E-state index is 6.31. The van der Waals surface area contributed by atoms with Crippen molar-refractivity contribution in [3.63, 3.8) is 0 Å². The Hall–Kier alpha value is -3.52. The van der Waals surface area contributed by atoms with Crippen LogP contribution in [0.5, 0.6) is 0 Å². The van der Waals surface area contributed by atoms with Gasteiger partial charge in [0.15, 0.2) is 0 Å². The van der Waals surface area contributed by atoms with Crippen molar-refractivity contribution in [3.05, 3.63) is 129 Å².